The smallest absolute Gasteiger partial charge is 0.252 e. The number of carbonyl (C=O) groups is 1. The van der Waals surface area contributed by atoms with Gasteiger partial charge in [0.05, 0.1) is 5.56 Å². The summed E-state index contributed by atoms with van der Waals surface area (Å²) in [6.45, 7) is 1.63. The fourth-order valence-electron chi connectivity index (χ4n) is 1.40. The molecular formula is C14H16FNO3S. The van der Waals surface area contributed by atoms with Crippen molar-refractivity contribution in [3.05, 3.63) is 35.1 Å². The minimum atomic E-state index is -1.05. The highest BCUT2D eigenvalue weighted by Gasteiger charge is 2.13. The molecule has 0 aromatic heterocycles. The van der Waals surface area contributed by atoms with Crippen LogP contribution in [0.4, 0.5) is 4.39 Å². The van der Waals surface area contributed by atoms with Crippen molar-refractivity contribution in [1.29, 1.82) is 0 Å². The number of nitrogens with one attached hydrogen (secondary N) is 1. The Morgan fingerprint density at radius 3 is 2.85 bits per heavy atom. The predicted octanol–water partition coefficient (Wildman–Crippen LogP) is 0.666. The van der Waals surface area contributed by atoms with Crippen LogP contribution in [-0.4, -0.2) is 39.9 Å². The molecule has 20 heavy (non-hydrogen) atoms. The fraction of sp³-hybridized carbons (Fsp3) is 0.357. The van der Waals surface area contributed by atoms with Gasteiger partial charge in [-0.25, -0.2) is 4.39 Å². The molecule has 0 aliphatic rings. The van der Waals surface area contributed by atoms with E-state index < -0.39 is 22.5 Å². The van der Waals surface area contributed by atoms with Crippen molar-refractivity contribution in [1.82, 2.24) is 5.32 Å². The van der Waals surface area contributed by atoms with Gasteiger partial charge in [-0.2, -0.15) is 0 Å². The van der Waals surface area contributed by atoms with Crippen LogP contribution < -0.4 is 5.32 Å². The Kier molecular flexibility index (Phi) is 6.36. The van der Waals surface area contributed by atoms with Crippen LogP contribution in [0.3, 0.4) is 0 Å². The number of aliphatic hydroxyl groups is 1. The molecule has 1 amide bonds. The summed E-state index contributed by atoms with van der Waals surface area (Å²) in [7, 11) is -1.05. The summed E-state index contributed by atoms with van der Waals surface area (Å²) in [5.74, 6) is 3.98. The molecule has 0 radical (unpaired) electrons. The zero-order valence-corrected chi connectivity index (χ0v) is 12.1. The van der Waals surface area contributed by atoms with E-state index in [1.807, 2.05) is 0 Å². The van der Waals surface area contributed by atoms with Crippen molar-refractivity contribution in [2.45, 2.75) is 12.2 Å². The molecule has 6 heteroatoms. The Morgan fingerprint density at radius 2 is 2.25 bits per heavy atom. The number of carbonyl (C=O) groups excluding carboxylic acids is 1. The van der Waals surface area contributed by atoms with E-state index in [0.29, 0.717) is 5.56 Å². The van der Waals surface area contributed by atoms with E-state index in [9.17, 15) is 13.4 Å². The van der Waals surface area contributed by atoms with Gasteiger partial charge in [-0.15, -0.1) is 0 Å². The van der Waals surface area contributed by atoms with Crippen LogP contribution in [0.15, 0.2) is 18.2 Å². The molecule has 0 saturated heterocycles. The molecule has 1 rings (SSSR count). The van der Waals surface area contributed by atoms with Crippen LogP contribution in [0.2, 0.25) is 0 Å². The molecule has 0 spiro atoms. The van der Waals surface area contributed by atoms with Crippen LogP contribution in [-0.2, 0) is 10.8 Å². The van der Waals surface area contributed by atoms with Gasteiger partial charge in [0.1, 0.15) is 12.4 Å². The van der Waals surface area contributed by atoms with Crippen molar-refractivity contribution < 1.29 is 18.5 Å². The summed E-state index contributed by atoms with van der Waals surface area (Å²) in [4.78, 5) is 12.0. The van der Waals surface area contributed by atoms with Crippen molar-refractivity contribution in [3.63, 3.8) is 0 Å². The number of aliphatic hydroxyl groups excluding tert-OH is 1. The summed E-state index contributed by atoms with van der Waals surface area (Å²) >= 11 is 0. The van der Waals surface area contributed by atoms with Gasteiger partial charge in [0.15, 0.2) is 0 Å². The van der Waals surface area contributed by atoms with Crippen molar-refractivity contribution in [2.75, 3.05) is 19.4 Å². The highest BCUT2D eigenvalue weighted by atomic mass is 32.2. The van der Waals surface area contributed by atoms with Gasteiger partial charge in [0.25, 0.3) is 5.91 Å². The van der Waals surface area contributed by atoms with Gasteiger partial charge in [0.2, 0.25) is 0 Å². The molecule has 0 aliphatic carbocycles. The van der Waals surface area contributed by atoms with E-state index in [2.05, 4.69) is 17.2 Å². The Bertz CT molecular complexity index is 578. The van der Waals surface area contributed by atoms with Crippen LogP contribution in [0.1, 0.15) is 22.8 Å². The van der Waals surface area contributed by atoms with Gasteiger partial charge in [-0.05, 0) is 25.1 Å². The molecule has 0 heterocycles. The summed E-state index contributed by atoms with van der Waals surface area (Å²) in [5.41, 5.74) is 0.434. The lowest BCUT2D eigenvalue weighted by molar-refractivity contribution is 0.0953. The Morgan fingerprint density at radius 1 is 1.55 bits per heavy atom. The third-order valence-electron chi connectivity index (χ3n) is 2.65. The van der Waals surface area contributed by atoms with Crippen LogP contribution in [0.5, 0.6) is 0 Å². The first-order valence-corrected chi connectivity index (χ1v) is 7.57. The molecule has 1 aromatic rings. The van der Waals surface area contributed by atoms with E-state index in [1.165, 1.54) is 12.1 Å². The third-order valence-corrected chi connectivity index (χ3v) is 3.95. The second-order valence-electron chi connectivity index (χ2n) is 4.17. The molecule has 0 fully saturated rings. The summed E-state index contributed by atoms with van der Waals surface area (Å²) < 4.78 is 24.4. The van der Waals surface area contributed by atoms with Crippen molar-refractivity contribution >= 4 is 16.7 Å². The second kappa shape index (κ2) is 7.78. The second-order valence-corrected chi connectivity index (χ2v) is 5.97. The molecule has 2 N–H and O–H groups in total. The minimum Gasteiger partial charge on any atom is -0.384 e. The summed E-state index contributed by atoms with van der Waals surface area (Å²) in [5, 5.41) is 11.1. The normalized spacial score (nSPS) is 13.0. The largest absolute Gasteiger partial charge is 0.384 e. The molecule has 2 unspecified atom stereocenters. The lowest BCUT2D eigenvalue weighted by Crippen LogP contribution is -2.33. The summed E-state index contributed by atoms with van der Waals surface area (Å²) in [6.07, 6.45) is 1.55. The first-order valence-electron chi connectivity index (χ1n) is 5.95. The number of halogens is 1. The molecule has 1 aromatic carbocycles. The quantitative estimate of drug-likeness (QED) is 0.803. The Hall–Kier alpha value is -1.71. The van der Waals surface area contributed by atoms with E-state index in [0.717, 1.165) is 6.07 Å². The first kappa shape index (κ1) is 16.3. The first-order chi connectivity index (χ1) is 9.45. The Balaban J connectivity index is 2.91. The van der Waals surface area contributed by atoms with Crippen LogP contribution in [0.25, 0.3) is 0 Å². The third kappa shape index (κ3) is 4.76. The Labute approximate surface area is 119 Å². The maximum absolute atomic E-state index is 13.2. The van der Waals surface area contributed by atoms with Gasteiger partial charge < -0.3 is 10.4 Å². The van der Waals surface area contributed by atoms with Crippen molar-refractivity contribution in [2.24, 2.45) is 0 Å². The maximum atomic E-state index is 13.2. The van der Waals surface area contributed by atoms with E-state index in [-0.39, 0.29) is 24.0 Å². The number of hydrogen-bond acceptors (Lipinski definition) is 3. The van der Waals surface area contributed by atoms with E-state index in [1.54, 1.807) is 13.2 Å². The summed E-state index contributed by atoms with van der Waals surface area (Å²) in [6, 6.07) is 3.67. The number of benzene rings is 1. The average Bonchev–Trinajstić information content (AvgIpc) is 2.42. The SMILES string of the molecule is CC(CNC(=O)c1cc(F)ccc1C#CCO)S(C)=O. The average molecular weight is 297 g/mol. The van der Waals surface area contributed by atoms with Crippen LogP contribution in [0, 0.1) is 17.7 Å². The molecule has 0 aliphatic heterocycles. The lowest BCUT2D eigenvalue weighted by atomic mass is 10.1. The lowest BCUT2D eigenvalue weighted by Gasteiger charge is -2.11. The molecule has 0 bridgehead atoms. The van der Waals surface area contributed by atoms with Gasteiger partial charge in [-0.3, -0.25) is 9.00 Å². The monoisotopic (exact) mass is 297 g/mol. The van der Waals surface area contributed by atoms with Gasteiger partial charge >= 0.3 is 0 Å². The maximum Gasteiger partial charge on any atom is 0.252 e. The number of rotatable bonds is 4. The zero-order valence-electron chi connectivity index (χ0n) is 11.3. The van der Waals surface area contributed by atoms with E-state index in [4.69, 9.17) is 5.11 Å². The van der Waals surface area contributed by atoms with Gasteiger partial charge in [-0.1, -0.05) is 11.8 Å². The fourth-order valence-corrected chi connectivity index (χ4v) is 1.72. The topological polar surface area (TPSA) is 66.4 Å². The number of hydrogen-bond donors (Lipinski definition) is 2. The molecule has 4 nitrogen and oxygen atoms in total. The molecular weight excluding hydrogens is 281 g/mol. The van der Waals surface area contributed by atoms with Crippen LogP contribution >= 0.6 is 0 Å². The zero-order chi connectivity index (χ0) is 15.1. The standard InChI is InChI=1S/C14H16FNO3S/c1-10(20(2)19)9-16-14(18)13-8-12(15)6-5-11(13)4-3-7-17/h5-6,8,10,17H,7,9H2,1-2H3,(H,16,18). The highest BCUT2D eigenvalue weighted by molar-refractivity contribution is 7.84. The van der Waals surface area contributed by atoms with Gasteiger partial charge in [0, 0.05) is 34.4 Å². The van der Waals surface area contributed by atoms with Crippen molar-refractivity contribution in [3.8, 4) is 11.8 Å². The van der Waals surface area contributed by atoms with E-state index >= 15 is 0 Å². The molecule has 108 valence electrons. The predicted molar refractivity (Wildman–Crippen MR) is 76.2 cm³/mol. The molecule has 0 saturated carbocycles. The molecule has 2 atom stereocenters. The minimum absolute atomic E-state index is 0.0973. The highest BCUT2D eigenvalue weighted by Crippen LogP contribution is 2.10. The number of amides is 1.